The lowest BCUT2D eigenvalue weighted by molar-refractivity contribution is -0.131. The quantitative estimate of drug-likeness (QED) is 0.757. The van der Waals surface area contributed by atoms with Crippen LogP contribution in [0.2, 0.25) is 0 Å². The minimum Gasteiger partial charge on any atom is -0.478 e. The molecule has 1 rings (SSSR count). The summed E-state index contributed by atoms with van der Waals surface area (Å²) in [7, 11) is 0. The van der Waals surface area contributed by atoms with Crippen molar-refractivity contribution in [1.29, 1.82) is 0 Å². The maximum absolute atomic E-state index is 12.1. The van der Waals surface area contributed by atoms with Crippen LogP contribution in [0, 0.1) is 0 Å². The lowest BCUT2D eigenvalue weighted by atomic mass is 10.1. The van der Waals surface area contributed by atoms with Crippen LogP contribution in [0.15, 0.2) is 30.3 Å². The highest BCUT2D eigenvalue weighted by molar-refractivity contribution is 5.95. The van der Waals surface area contributed by atoms with Gasteiger partial charge >= 0.3 is 5.97 Å². The molecular weight excluding hydrogens is 246 g/mol. The van der Waals surface area contributed by atoms with Crippen LogP contribution in [0.5, 0.6) is 0 Å². The minimum absolute atomic E-state index is 0.0851. The fourth-order valence-electron chi connectivity index (χ4n) is 1.65. The first-order valence-electron chi connectivity index (χ1n) is 5.99. The molecule has 102 valence electrons. The van der Waals surface area contributed by atoms with Gasteiger partial charge in [-0.2, -0.15) is 0 Å². The number of hydrogen-bond acceptors (Lipinski definition) is 3. The van der Waals surface area contributed by atoms with Crippen molar-refractivity contribution in [3.8, 4) is 0 Å². The van der Waals surface area contributed by atoms with E-state index in [0.717, 1.165) is 6.08 Å². The van der Waals surface area contributed by atoms with E-state index in [2.05, 4.69) is 0 Å². The zero-order chi connectivity index (χ0) is 14.3. The van der Waals surface area contributed by atoms with Gasteiger partial charge < -0.3 is 15.1 Å². The molecule has 0 atom stereocenters. The second kappa shape index (κ2) is 7.33. The van der Waals surface area contributed by atoms with Crippen LogP contribution >= 0.6 is 0 Å². The van der Waals surface area contributed by atoms with E-state index in [4.69, 9.17) is 10.2 Å². The van der Waals surface area contributed by atoms with Crippen LogP contribution < -0.4 is 0 Å². The number of carboxylic acid groups (broad SMARTS) is 1. The van der Waals surface area contributed by atoms with Crippen molar-refractivity contribution in [3.05, 3.63) is 41.5 Å². The number of aliphatic carboxylic acids is 1. The van der Waals surface area contributed by atoms with E-state index < -0.39 is 5.97 Å². The van der Waals surface area contributed by atoms with E-state index in [0.29, 0.717) is 17.7 Å². The van der Waals surface area contributed by atoms with Crippen molar-refractivity contribution in [2.75, 3.05) is 19.7 Å². The molecule has 19 heavy (non-hydrogen) atoms. The summed E-state index contributed by atoms with van der Waals surface area (Å²) in [5, 5.41) is 17.5. The molecule has 0 spiro atoms. The largest absolute Gasteiger partial charge is 0.478 e. The molecule has 0 aliphatic carbocycles. The van der Waals surface area contributed by atoms with Gasteiger partial charge in [-0.15, -0.1) is 0 Å². The Bertz CT molecular complexity index is 482. The van der Waals surface area contributed by atoms with Crippen LogP contribution in [-0.4, -0.2) is 46.7 Å². The summed E-state index contributed by atoms with van der Waals surface area (Å²) in [6, 6.07) is 6.71. The van der Waals surface area contributed by atoms with Crippen molar-refractivity contribution >= 4 is 18.0 Å². The molecule has 1 aromatic rings. The van der Waals surface area contributed by atoms with Gasteiger partial charge in [-0.1, -0.05) is 12.1 Å². The van der Waals surface area contributed by atoms with Crippen molar-refractivity contribution in [2.45, 2.75) is 6.92 Å². The summed E-state index contributed by atoms with van der Waals surface area (Å²) < 4.78 is 0. The Morgan fingerprint density at radius 2 is 2.11 bits per heavy atom. The Hall–Kier alpha value is -2.14. The Balaban J connectivity index is 2.92. The van der Waals surface area contributed by atoms with Gasteiger partial charge in [0.25, 0.3) is 5.91 Å². The monoisotopic (exact) mass is 263 g/mol. The van der Waals surface area contributed by atoms with Crippen LogP contribution in [-0.2, 0) is 4.79 Å². The molecule has 0 saturated heterocycles. The van der Waals surface area contributed by atoms with Gasteiger partial charge in [0.15, 0.2) is 0 Å². The molecule has 5 heteroatoms. The fraction of sp³-hybridized carbons (Fsp3) is 0.286. The summed E-state index contributed by atoms with van der Waals surface area (Å²) in [5.74, 6) is -1.21. The average molecular weight is 263 g/mol. The molecule has 5 nitrogen and oxygen atoms in total. The van der Waals surface area contributed by atoms with Gasteiger partial charge in [0.2, 0.25) is 0 Å². The van der Waals surface area contributed by atoms with E-state index in [1.807, 2.05) is 6.92 Å². The van der Waals surface area contributed by atoms with E-state index in [1.165, 1.54) is 11.0 Å². The summed E-state index contributed by atoms with van der Waals surface area (Å²) in [5.41, 5.74) is 1.12. The predicted octanol–water partition coefficient (Wildman–Crippen LogP) is 1.24. The van der Waals surface area contributed by atoms with Gasteiger partial charge in [0.05, 0.1) is 6.61 Å². The van der Waals surface area contributed by atoms with Crippen LogP contribution in [0.1, 0.15) is 22.8 Å². The van der Waals surface area contributed by atoms with Crippen molar-refractivity contribution < 1.29 is 19.8 Å². The molecule has 0 heterocycles. The molecule has 0 unspecified atom stereocenters. The lowest BCUT2D eigenvalue weighted by Crippen LogP contribution is -2.33. The van der Waals surface area contributed by atoms with Crippen LogP contribution in [0.3, 0.4) is 0 Å². The average Bonchev–Trinajstić information content (AvgIpc) is 2.42. The maximum Gasteiger partial charge on any atom is 0.328 e. The number of carbonyl (C=O) groups is 2. The number of likely N-dealkylation sites (N-methyl/N-ethyl adjacent to an activating group) is 1. The normalized spacial score (nSPS) is 10.6. The number of aliphatic hydroxyl groups excluding tert-OH is 1. The van der Waals surface area contributed by atoms with Gasteiger partial charge in [0, 0.05) is 24.7 Å². The predicted molar refractivity (Wildman–Crippen MR) is 71.8 cm³/mol. The summed E-state index contributed by atoms with van der Waals surface area (Å²) in [6.45, 7) is 2.54. The fourth-order valence-corrected chi connectivity index (χ4v) is 1.65. The number of hydrogen-bond donors (Lipinski definition) is 2. The number of benzene rings is 1. The maximum atomic E-state index is 12.1. The third-order valence-corrected chi connectivity index (χ3v) is 2.59. The Labute approximate surface area is 111 Å². The number of nitrogens with zero attached hydrogens (tertiary/aromatic N) is 1. The zero-order valence-electron chi connectivity index (χ0n) is 10.7. The smallest absolute Gasteiger partial charge is 0.328 e. The van der Waals surface area contributed by atoms with E-state index in [1.54, 1.807) is 24.3 Å². The molecule has 0 saturated carbocycles. The van der Waals surface area contributed by atoms with Gasteiger partial charge in [0.1, 0.15) is 0 Å². The summed E-state index contributed by atoms with van der Waals surface area (Å²) >= 11 is 0. The summed E-state index contributed by atoms with van der Waals surface area (Å²) in [6.07, 6.45) is 2.45. The first-order chi connectivity index (χ1) is 9.08. The Morgan fingerprint density at radius 3 is 2.68 bits per heavy atom. The minimum atomic E-state index is -1.04. The van der Waals surface area contributed by atoms with Crippen LogP contribution in [0.4, 0.5) is 0 Å². The Morgan fingerprint density at radius 1 is 1.37 bits per heavy atom. The van der Waals surface area contributed by atoms with Gasteiger partial charge in [-0.05, 0) is 30.7 Å². The second-order valence-corrected chi connectivity index (χ2v) is 3.91. The molecule has 1 aromatic carbocycles. The number of rotatable bonds is 6. The first-order valence-corrected chi connectivity index (χ1v) is 5.99. The number of amides is 1. The third kappa shape index (κ3) is 4.56. The highest BCUT2D eigenvalue weighted by Crippen LogP contribution is 2.10. The van der Waals surface area contributed by atoms with Gasteiger partial charge in [-0.3, -0.25) is 4.79 Å². The highest BCUT2D eigenvalue weighted by atomic mass is 16.4. The van der Waals surface area contributed by atoms with Crippen molar-refractivity contribution in [3.63, 3.8) is 0 Å². The SMILES string of the molecule is CCN(CCO)C(=O)c1cccc(/C=C/C(=O)O)c1. The van der Waals surface area contributed by atoms with Crippen LogP contribution in [0.25, 0.3) is 6.08 Å². The van der Waals surface area contributed by atoms with E-state index in [-0.39, 0.29) is 19.1 Å². The van der Waals surface area contributed by atoms with Crippen molar-refractivity contribution in [1.82, 2.24) is 4.90 Å². The van der Waals surface area contributed by atoms with E-state index >= 15 is 0 Å². The topological polar surface area (TPSA) is 77.8 Å². The summed E-state index contributed by atoms with van der Waals surface area (Å²) in [4.78, 5) is 24.1. The van der Waals surface area contributed by atoms with E-state index in [9.17, 15) is 9.59 Å². The molecule has 1 amide bonds. The highest BCUT2D eigenvalue weighted by Gasteiger charge is 2.13. The Kier molecular flexibility index (Phi) is 5.75. The number of aliphatic hydroxyl groups is 1. The zero-order valence-corrected chi connectivity index (χ0v) is 10.7. The lowest BCUT2D eigenvalue weighted by Gasteiger charge is -2.19. The molecule has 0 bridgehead atoms. The molecule has 0 aliphatic heterocycles. The molecule has 2 N–H and O–H groups in total. The van der Waals surface area contributed by atoms with Gasteiger partial charge in [-0.25, -0.2) is 4.79 Å². The molecule has 0 aromatic heterocycles. The standard InChI is InChI=1S/C14H17NO4/c1-2-15(8-9-16)14(19)12-5-3-4-11(10-12)6-7-13(17)18/h3-7,10,16H,2,8-9H2,1H3,(H,17,18)/b7-6+. The van der Waals surface area contributed by atoms with Crippen molar-refractivity contribution in [2.24, 2.45) is 0 Å². The second-order valence-electron chi connectivity index (χ2n) is 3.91. The number of carbonyl (C=O) groups excluding carboxylic acids is 1. The molecule has 0 fully saturated rings. The molecular formula is C14H17NO4. The third-order valence-electron chi connectivity index (χ3n) is 2.59. The first kappa shape index (κ1) is 14.9. The molecule has 0 aliphatic rings. The molecule has 0 radical (unpaired) electrons. The number of carboxylic acids is 1.